The maximum absolute atomic E-state index is 10.8. The van der Waals surface area contributed by atoms with Crippen LogP contribution in [0.1, 0.15) is 16.1 Å². The molecule has 0 amide bonds. The van der Waals surface area contributed by atoms with E-state index < -0.39 is 0 Å². The van der Waals surface area contributed by atoms with Gasteiger partial charge in [0.2, 0.25) is 0 Å². The van der Waals surface area contributed by atoms with E-state index >= 15 is 0 Å². The second kappa shape index (κ2) is 7.25. The van der Waals surface area contributed by atoms with Crippen molar-refractivity contribution in [3.8, 4) is 22.7 Å². The topological polar surface area (TPSA) is 68.0 Å². The summed E-state index contributed by atoms with van der Waals surface area (Å²) in [6.07, 6.45) is 2.42. The molecule has 132 valence electrons. The lowest BCUT2D eigenvalue weighted by molar-refractivity contribution is 0.110. The van der Waals surface area contributed by atoms with Gasteiger partial charge in [-0.3, -0.25) is 4.79 Å². The van der Waals surface area contributed by atoms with Gasteiger partial charge in [-0.15, -0.1) is 0 Å². The summed E-state index contributed by atoms with van der Waals surface area (Å²) in [7, 11) is 0. The number of rotatable bonds is 5. The van der Waals surface area contributed by atoms with Crippen molar-refractivity contribution in [2.45, 2.75) is 6.92 Å². The Morgan fingerprint density at radius 1 is 0.963 bits per heavy atom. The molecule has 0 saturated heterocycles. The maximum atomic E-state index is 10.8. The van der Waals surface area contributed by atoms with Gasteiger partial charge in [0.05, 0.1) is 0 Å². The highest BCUT2D eigenvalue weighted by Gasteiger charge is 2.08. The third-order valence-electron chi connectivity index (χ3n) is 4.21. The number of hydrogen-bond acceptors (Lipinski definition) is 5. The molecule has 0 aliphatic carbocycles. The second-order valence-electron chi connectivity index (χ2n) is 6.11. The van der Waals surface area contributed by atoms with Crippen molar-refractivity contribution < 1.29 is 9.21 Å². The van der Waals surface area contributed by atoms with Gasteiger partial charge in [-0.1, -0.05) is 36.4 Å². The summed E-state index contributed by atoms with van der Waals surface area (Å²) in [6, 6.07) is 21.0. The van der Waals surface area contributed by atoms with Crippen molar-refractivity contribution in [3.05, 3.63) is 84.3 Å². The summed E-state index contributed by atoms with van der Waals surface area (Å²) in [4.78, 5) is 19.8. The maximum Gasteiger partial charge on any atom is 0.185 e. The van der Waals surface area contributed by atoms with Crippen molar-refractivity contribution in [2.24, 2.45) is 0 Å². The van der Waals surface area contributed by atoms with Crippen LogP contribution in [0.2, 0.25) is 0 Å². The zero-order chi connectivity index (χ0) is 18.6. The van der Waals surface area contributed by atoms with E-state index in [1.807, 2.05) is 61.5 Å². The van der Waals surface area contributed by atoms with Crippen LogP contribution in [0, 0.1) is 6.92 Å². The van der Waals surface area contributed by atoms with Crippen molar-refractivity contribution in [1.82, 2.24) is 9.97 Å². The van der Waals surface area contributed by atoms with Crippen LogP contribution in [0.3, 0.4) is 0 Å². The lowest BCUT2D eigenvalue weighted by Crippen LogP contribution is -1.98. The van der Waals surface area contributed by atoms with Crippen molar-refractivity contribution in [1.29, 1.82) is 0 Å². The largest absolute Gasteiger partial charge is 0.453 e. The number of anilines is 2. The van der Waals surface area contributed by atoms with Gasteiger partial charge in [-0.05, 0) is 42.8 Å². The van der Waals surface area contributed by atoms with Gasteiger partial charge < -0.3 is 9.73 Å². The number of aryl methyl sites for hydroxylation is 1. The van der Waals surface area contributed by atoms with E-state index in [-0.39, 0.29) is 0 Å². The third-order valence-corrected chi connectivity index (χ3v) is 4.21. The number of aromatic nitrogens is 2. The molecule has 2 heterocycles. The Labute approximate surface area is 156 Å². The molecule has 2 aromatic carbocycles. The van der Waals surface area contributed by atoms with E-state index in [0.717, 1.165) is 28.2 Å². The van der Waals surface area contributed by atoms with Gasteiger partial charge in [-0.2, -0.15) is 0 Å². The zero-order valence-electron chi connectivity index (χ0n) is 14.7. The standard InChI is InChI=1S/C22H17N3O2/c1-15-5-2-3-8-19(15)24-21-11-12-23-22(25-21)17-7-4-6-16(13-17)20-10-9-18(14-26)27-20/h2-14H,1H3,(H,23,24,25). The summed E-state index contributed by atoms with van der Waals surface area (Å²) >= 11 is 0. The van der Waals surface area contributed by atoms with Crippen LogP contribution in [0.5, 0.6) is 0 Å². The molecule has 0 radical (unpaired) electrons. The Balaban J connectivity index is 1.65. The van der Waals surface area contributed by atoms with E-state index in [0.29, 0.717) is 23.6 Å². The molecule has 4 rings (SSSR count). The number of aldehydes is 1. The molecule has 0 atom stereocenters. The molecule has 0 aliphatic heterocycles. The average molecular weight is 355 g/mol. The van der Waals surface area contributed by atoms with E-state index in [4.69, 9.17) is 4.42 Å². The Hall–Kier alpha value is -3.73. The summed E-state index contributed by atoms with van der Waals surface area (Å²) in [5.41, 5.74) is 3.88. The highest BCUT2D eigenvalue weighted by Crippen LogP contribution is 2.27. The number of nitrogens with one attached hydrogen (secondary N) is 1. The molecule has 0 saturated carbocycles. The van der Waals surface area contributed by atoms with Crippen LogP contribution in [-0.4, -0.2) is 16.3 Å². The minimum Gasteiger partial charge on any atom is -0.453 e. The smallest absolute Gasteiger partial charge is 0.185 e. The first kappa shape index (κ1) is 16.7. The number of para-hydroxylation sites is 1. The zero-order valence-corrected chi connectivity index (χ0v) is 14.7. The summed E-state index contributed by atoms with van der Waals surface area (Å²) in [5, 5.41) is 3.33. The second-order valence-corrected chi connectivity index (χ2v) is 6.11. The monoisotopic (exact) mass is 355 g/mol. The first-order valence-electron chi connectivity index (χ1n) is 8.54. The molecule has 0 aliphatic rings. The van der Waals surface area contributed by atoms with Crippen LogP contribution < -0.4 is 5.32 Å². The predicted octanol–water partition coefficient (Wildman–Crippen LogP) is 5.27. The van der Waals surface area contributed by atoms with Crippen LogP contribution in [0.15, 0.2) is 77.3 Å². The molecule has 0 spiro atoms. The van der Waals surface area contributed by atoms with E-state index in [2.05, 4.69) is 15.3 Å². The Kier molecular flexibility index (Phi) is 4.49. The van der Waals surface area contributed by atoms with E-state index in [9.17, 15) is 4.79 Å². The number of carbonyl (C=O) groups excluding carboxylic acids is 1. The first-order chi connectivity index (χ1) is 13.2. The molecule has 5 nitrogen and oxygen atoms in total. The van der Waals surface area contributed by atoms with Gasteiger partial charge in [0.25, 0.3) is 0 Å². The van der Waals surface area contributed by atoms with Gasteiger partial charge >= 0.3 is 0 Å². The molecule has 0 unspecified atom stereocenters. The normalized spacial score (nSPS) is 10.6. The quantitative estimate of drug-likeness (QED) is 0.494. The number of furan rings is 1. The molecule has 0 fully saturated rings. The van der Waals surface area contributed by atoms with Crippen molar-refractivity contribution in [2.75, 3.05) is 5.32 Å². The SMILES string of the molecule is Cc1ccccc1Nc1ccnc(-c2cccc(-c3ccc(C=O)o3)c2)n1. The van der Waals surface area contributed by atoms with Crippen LogP contribution in [-0.2, 0) is 0 Å². The van der Waals surface area contributed by atoms with E-state index in [1.165, 1.54) is 0 Å². The highest BCUT2D eigenvalue weighted by atomic mass is 16.3. The molecule has 27 heavy (non-hydrogen) atoms. The first-order valence-corrected chi connectivity index (χ1v) is 8.54. The van der Waals surface area contributed by atoms with Gasteiger partial charge in [0.15, 0.2) is 17.9 Å². The van der Waals surface area contributed by atoms with E-state index in [1.54, 1.807) is 18.3 Å². The number of benzene rings is 2. The molecule has 1 N–H and O–H groups in total. The summed E-state index contributed by atoms with van der Waals surface area (Å²) in [5.74, 6) is 2.27. The molecule has 5 heteroatoms. The Morgan fingerprint density at radius 2 is 1.81 bits per heavy atom. The van der Waals surface area contributed by atoms with Crippen molar-refractivity contribution >= 4 is 17.8 Å². The molecule has 4 aromatic rings. The summed E-state index contributed by atoms with van der Waals surface area (Å²) < 4.78 is 5.50. The lowest BCUT2D eigenvalue weighted by atomic mass is 10.1. The van der Waals surface area contributed by atoms with Crippen LogP contribution in [0.4, 0.5) is 11.5 Å². The third kappa shape index (κ3) is 3.62. The molecular weight excluding hydrogens is 338 g/mol. The van der Waals surface area contributed by atoms with Gasteiger partial charge in [0, 0.05) is 23.0 Å². The van der Waals surface area contributed by atoms with Gasteiger partial charge in [0.1, 0.15) is 11.6 Å². The Morgan fingerprint density at radius 3 is 2.63 bits per heavy atom. The fraction of sp³-hybridized carbons (Fsp3) is 0.0455. The fourth-order valence-electron chi connectivity index (χ4n) is 2.80. The van der Waals surface area contributed by atoms with Crippen molar-refractivity contribution in [3.63, 3.8) is 0 Å². The Bertz CT molecular complexity index is 1100. The molecule has 2 aromatic heterocycles. The lowest BCUT2D eigenvalue weighted by Gasteiger charge is -2.09. The molecule has 0 bridgehead atoms. The number of carbonyl (C=O) groups is 1. The van der Waals surface area contributed by atoms with Crippen LogP contribution >= 0.6 is 0 Å². The number of nitrogens with zero attached hydrogens (tertiary/aromatic N) is 2. The predicted molar refractivity (Wildman–Crippen MR) is 105 cm³/mol. The fourth-order valence-corrected chi connectivity index (χ4v) is 2.80. The summed E-state index contributed by atoms with van der Waals surface area (Å²) in [6.45, 7) is 2.05. The highest BCUT2D eigenvalue weighted by molar-refractivity contribution is 5.74. The molecular formula is C22H17N3O2. The minimum absolute atomic E-state index is 0.302. The van der Waals surface area contributed by atoms with Crippen LogP contribution in [0.25, 0.3) is 22.7 Å². The minimum atomic E-state index is 0.302. The van der Waals surface area contributed by atoms with Gasteiger partial charge in [-0.25, -0.2) is 9.97 Å². The number of hydrogen-bond donors (Lipinski definition) is 1. The average Bonchev–Trinajstić information content (AvgIpc) is 3.20.